The van der Waals surface area contributed by atoms with Gasteiger partial charge in [0.15, 0.2) is 0 Å². The minimum absolute atomic E-state index is 0.00619. The summed E-state index contributed by atoms with van der Waals surface area (Å²) in [5, 5.41) is 8.68. The molecule has 0 saturated carbocycles. The lowest BCUT2D eigenvalue weighted by Crippen LogP contribution is -2.32. The number of carbonyl (C=O) groups excluding carboxylic acids is 1. The molecule has 1 atom stereocenters. The molecule has 0 radical (unpaired) electrons. The molecular formula is C20H26ClN3O4. The molecule has 0 N–H and O–H groups in total. The molecule has 1 aliphatic rings. The van der Waals surface area contributed by atoms with Gasteiger partial charge in [0.1, 0.15) is 0 Å². The fraction of sp³-hybridized carbons (Fsp3) is 0.550. The molecule has 152 valence electrons. The van der Waals surface area contributed by atoms with Crippen LogP contribution in [0.1, 0.15) is 38.5 Å². The minimum atomic E-state index is 0.00619. The Morgan fingerprint density at radius 3 is 2.96 bits per heavy atom. The van der Waals surface area contributed by atoms with Crippen molar-refractivity contribution in [3.63, 3.8) is 0 Å². The van der Waals surface area contributed by atoms with Crippen LogP contribution in [0.2, 0.25) is 5.02 Å². The number of hydrogen-bond donors (Lipinski definition) is 0. The molecule has 1 saturated heterocycles. The van der Waals surface area contributed by atoms with Crippen LogP contribution in [0.25, 0.3) is 11.5 Å². The number of ether oxygens (including phenoxy) is 2. The number of halogens is 1. The summed E-state index contributed by atoms with van der Waals surface area (Å²) >= 11 is 6.18. The largest absolute Gasteiger partial charge is 0.419 e. The molecule has 1 aromatic heterocycles. The summed E-state index contributed by atoms with van der Waals surface area (Å²) < 4.78 is 16.8. The molecule has 3 rings (SSSR count). The molecule has 1 fully saturated rings. The van der Waals surface area contributed by atoms with Gasteiger partial charge in [-0.25, -0.2) is 0 Å². The Labute approximate surface area is 170 Å². The van der Waals surface area contributed by atoms with E-state index in [-0.39, 0.29) is 18.6 Å². The summed E-state index contributed by atoms with van der Waals surface area (Å²) in [5.74, 6) is 0.744. The molecule has 0 spiro atoms. The maximum atomic E-state index is 12.6. The molecule has 8 heteroatoms. The molecule has 28 heavy (non-hydrogen) atoms. The zero-order valence-corrected chi connectivity index (χ0v) is 16.9. The molecule has 1 aromatic carbocycles. The van der Waals surface area contributed by atoms with Crippen LogP contribution in [0.4, 0.5) is 0 Å². The number of carbonyl (C=O) groups is 1. The Morgan fingerprint density at radius 2 is 2.21 bits per heavy atom. The van der Waals surface area contributed by atoms with Gasteiger partial charge in [0.25, 0.3) is 0 Å². The summed E-state index contributed by atoms with van der Waals surface area (Å²) in [6, 6.07) is 7.28. The average molecular weight is 408 g/mol. The standard InChI is InChI=1S/C20H26ClN3O4/c1-2-10-24(19(25)9-12-26-14-15-6-5-11-27-15)13-18-22-23-20(28-18)16-7-3-4-8-17(16)21/h3-4,7-8,15H,2,5-6,9-14H2,1H3. The van der Waals surface area contributed by atoms with Gasteiger partial charge in [0, 0.05) is 13.2 Å². The van der Waals surface area contributed by atoms with Crippen molar-refractivity contribution in [3.05, 3.63) is 35.2 Å². The zero-order chi connectivity index (χ0) is 19.8. The summed E-state index contributed by atoms with van der Waals surface area (Å²) in [5.41, 5.74) is 0.679. The third kappa shape index (κ3) is 5.77. The van der Waals surface area contributed by atoms with Crippen LogP contribution in [0.15, 0.2) is 28.7 Å². The first-order valence-corrected chi connectivity index (χ1v) is 10.1. The van der Waals surface area contributed by atoms with Crippen molar-refractivity contribution in [2.45, 2.75) is 45.3 Å². The predicted octanol–water partition coefficient (Wildman–Crippen LogP) is 3.71. The first-order valence-electron chi connectivity index (χ1n) is 9.71. The first-order chi connectivity index (χ1) is 13.7. The number of amides is 1. The van der Waals surface area contributed by atoms with Crippen LogP contribution >= 0.6 is 11.6 Å². The van der Waals surface area contributed by atoms with Crippen molar-refractivity contribution in [1.29, 1.82) is 0 Å². The Morgan fingerprint density at radius 1 is 1.36 bits per heavy atom. The van der Waals surface area contributed by atoms with Crippen LogP contribution in [-0.4, -0.2) is 53.5 Å². The highest BCUT2D eigenvalue weighted by molar-refractivity contribution is 6.33. The number of rotatable bonds is 10. The van der Waals surface area contributed by atoms with E-state index in [4.69, 9.17) is 25.5 Å². The fourth-order valence-electron chi connectivity index (χ4n) is 3.09. The molecule has 2 heterocycles. The van der Waals surface area contributed by atoms with Crippen molar-refractivity contribution in [1.82, 2.24) is 15.1 Å². The van der Waals surface area contributed by atoms with Gasteiger partial charge in [-0.3, -0.25) is 4.79 Å². The maximum absolute atomic E-state index is 12.6. The second kappa shape index (κ2) is 10.5. The summed E-state index contributed by atoms with van der Waals surface area (Å²) in [6.45, 7) is 4.65. The number of benzene rings is 1. The van der Waals surface area contributed by atoms with E-state index in [0.717, 1.165) is 25.9 Å². The van der Waals surface area contributed by atoms with E-state index in [1.165, 1.54) is 0 Å². The van der Waals surface area contributed by atoms with Crippen molar-refractivity contribution >= 4 is 17.5 Å². The van der Waals surface area contributed by atoms with Gasteiger partial charge >= 0.3 is 0 Å². The Hall–Kier alpha value is -1.96. The predicted molar refractivity (Wildman–Crippen MR) is 105 cm³/mol. The summed E-state index contributed by atoms with van der Waals surface area (Å²) in [4.78, 5) is 14.3. The van der Waals surface area contributed by atoms with Crippen molar-refractivity contribution < 1.29 is 18.7 Å². The molecule has 1 unspecified atom stereocenters. The monoisotopic (exact) mass is 407 g/mol. The minimum Gasteiger partial charge on any atom is -0.419 e. The summed E-state index contributed by atoms with van der Waals surface area (Å²) in [7, 11) is 0. The third-order valence-electron chi connectivity index (χ3n) is 4.53. The lowest BCUT2D eigenvalue weighted by Gasteiger charge is -2.20. The van der Waals surface area contributed by atoms with E-state index in [1.54, 1.807) is 11.0 Å². The SMILES string of the molecule is CCCN(Cc1nnc(-c2ccccc2Cl)o1)C(=O)CCOCC1CCCO1. The van der Waals surface area contributed by atoms with Crippen LogP contribution in [0.5, 0.6) is 0 Å². The van der Waals surface area contributed by atoms with Gasteiger partial charge in [-0.15, -0.1) is 10.2 Å². The molecule has 2 aromatic rings. The van der Waals surface area contributed by atoms with Gasteiger partial charge in [-0.05, 0) is 31.4 Å². The van der Waals surface area contributed by atoms with Crippen LogP contribution in [-0.2, 0) is 20.8 Å². The normalized spacial score (nSPS) is 16.4. The van der Waals surface area contributed by atoms with E-state index in [0.29, 0.717) is 48.5 Å². The first kappa shape index (κ1) is 20.8. The molecule has 7 nitrogen and oxygen atoms in total. The fourth-order valence-corrected chi connectivity index (χ4v) is 3.31. The highest BCUT2D eigenvalue weighted by atomic mass is 35.5. The van der Waals surface area contributed by atoms with Gasteiger partial charge in [-0.1, -0.05) is 30.7 Å². The number of hydrogen-bond acceptors (Lipinski definition) is 6. The van der Waals surface area contributed by atoms with Crippen molar-refractivity contribution in [3.8, 4) is 11.5 Å². The van der Waals surface area contributed by atoms with Crippen LogP contribution < -0.4 is 0 Å². The molecular weight excluding hydrogens is 382 g/mol. The van der Waals surface area contributed by atoms with E-state index < -0.39 is 0 Å². The molecule has 1 amide bonds. The van der Waals surface area contributed by atoms with Gasteiger partial charge in [-0.2, -0.15) is 0 Å². The van der Waals surface area contributed by atoms with E-state index in [1.807, 2.05) is 25.1 Å². The van der Waals surface area contributed by atoms with Crippen LogP contribution in [0.3, 0.4) is 0 Å². The highest BCUT2D eigenvalue weighted by Gasteiger charge is 2.19. The third-order valence-corrected chi connectivity index (χ3v) is 4.86. The van der Waals surface area contributed by atoms with Gasteiger partial charge in [0.2, 0.25) is 17.7 Å². The van der Waals surface area contributed by atoms with Crippen molar-refractivity contribution in [2.24, 2.45) is 0 Å². The second-order valence-corrected chi connectivity index (χ2v) is 7.16. The Balaban J connectivity index is 1.52. The molecule has 1 aliphatic heterocycles. The Bertz CT molecular complexity index is 761. The van der Waals surface area contributed by atoms with E-state index >= 15 is 0 Å². The average Bonchev–Trinajstić information content (AvgIpc) is 3.37. The number of aromatic nitrogens is 2. The molecule has 0 aliphatic carbocycles. The zero-order valence-electron chi connectivity index (χ0n) is 16.1. The molecule has 0 bridgehead atoms. The quantitative estimate of drug-likeness (QED) is 0.558. The highest BCUT2D eigenvalue weighted by Crippen LogP contribution is 2.26. The topological polar surface area (TPSA) is 77.7 Å². The second-order valence-electron chi connectivity index (χ2n) is 6.76. The van der Waals surface area contributed by atoms with Gasteiger partial charge < -0.3 is 18.8 Å². The van der Waals surface area contributed by atoms with E-state index in [2.05, 4.69) is 10.2 Å². The lowest BCUT2D eigenvalue weighted by molar-refractivity contribution is -0.133. The summed E-state index contributed by atoms with van der Waals surface area (Å²) in [6.07, 6.45) is 3.44. The van der Waals surface area contributed by atoms with E-state index in [9.17, 15) is 4.79 Å². The smallest absolute Gasteiger partial charge is 0.249 e. The lowest BCUT2D eigenvalue weighted by atomic mass is 10.2. The number of nitrogens with zero attached hydrogens (tertiary/aromatic N) is 3. The van der Waals surface area contributed by atoms with Crippen LogP contribution in [0, 0.1) is 0 Å². The van der Waals surface area contributed by atoms with Crippen molar-refractivity contribution in [2.75, 3.05) is 26.4 Å². The Kier molecular flexibility index (Phi) is 7.82. The van der Waals surface area contributed by atoms with Gasteiger partial charge in [0.05, 0.1) is 42.9 Å². The maximum Gasteiger partial charge on any atom is 0.249 e.